The Balaban J connectivity index is 2.06. The highest BCUT2D eigenvalue weighted by Gasteiger charge is 2.18. The standard InChI is InChI=1S/C16H24N2O2S/c1-12-10-15(17)11-16(13(12)2)21(19,20)18-9-8-14-6-4-3-5-7-14/h6,10-11,18H,3-5,7-9,17H2,1-2H3. The van der Waals surface area contributed by atoms with Crippen molar-refractivity contribution in [2.45, 2.75) is 50.8 Å². The Hall–Kier alpha value is -1.33. The van der Waals surface area contributed by atoms with Crippen molar-refractivity contribution >= 4 is 15.7 Å². The molecule has 2 rings (SSSR count). The Kier molecular flexibility index (Phi) is 5.06. The third-order valence-electron chi connectivity index (χ3n) is 4.05. The molecule has 0 fully saturated rings. The number of hydrogen-bond donors (Lipinski definition) is 2. The summed E-state index contributed by atoms with van der Waals surface area (Å²) in [6.07, 6.45) is 7.71. The summed E-state index contributed by atoms with van der Waals surface area (Å²) in [5.41, 5.74) is 9.27. The minimum Gasteiger partial charge on any atom is -0.399 e. The fourth-order valence-corrected chi connectivity index (χ4v) is 4.07. The van der Waals surface area contributed by atoms with Gasteiger partial charge in [0.1, 0.15) is 0 Å². The predicted octanol–water partition coefficient (Wildman–Crippen LogP) is 3.05. The van der Waals surface area contributed by atoms with E-state index in [2.05, 4.69) is 10.8 Å². The van der Waals surface area contributed by atoms with Crippen molar-refractivity contribution < 1.29 is 8.42 Å². The van der Waals surface area contributed by atoms with E-state index < -0.39 is 10.0 Å². The van der Waals surface area contributed by atoms with Crippen LogP contribution in [0.25, 0.3) is 0 Å². The van der Waals surface area contributed by atoms with E-state index in [1.807, 2.05) is 13.8 Å². The first-order chi connectivity index (χ1) is 9.90. The molecule has 5 heteroatoms. The summed E-state index contributed by atoms with van der Waals surface area (Å²) in [4.78, 5) is 0.289. The van der Waals surface area contributed by atoms with Gasteiger partial charge in [-0.3, -0.25) is 0 Å². The largest absolute Gasteiger partial charge is 0.399 e. The van der Waals surface area contributed by atoms with E-state index in [-0.39, 0.29) is 4.90 Å². The molecule has 3 N–H and O–H groups in total. The van der Waals surface area contributed by atoms with Gasteiger partial charge in [0.15, 0.2) is 0 Å². The van der Waals surface area contributed by atoms with Gasteiger partial charge in [-0.1, -0.05) is 11.6 Å². The van der Waals surface area contributed by atoms with Gasteiger partial charge in [-0.25, -0.2) is 13.1 Å². The maximum atomic E-state index is 12.4. The monoisotopic (exact) mass is 308 g/mol. The first-order valence-corrected chi connectivity index (χ1v) is 8.93. The van der Waals surface area contributed by atoms with E-state index >= 15 is 0 Å². The summed E-state index contributed by atoms with van der Waals surface area (Å²) >= 11 is 0. The lowest BCUT2D eigenvalue weighted by atomic mass is 9.97. The number of hydrogen-bond acceptors (Lipinski definition) is 3. The maximum absolute atomic E-state index is 12.4. The summed E-state index contributed by atoms with van der Waals surface area (Å²) in [6, 6.07) is 3.33. The highest BCUT2D eigenvalue weighted by atomic mass is 32.2. The Labute approximate surface area is 127 Å². The average molecular weight is 308 g/mol. The molecule has 0 amide bonds. The van der Waals surface area contributed by atoms with E-state index in [0.717, 1.165) is 30.4 Å². The molecule has 0 spiro atoms. The SMILES string of the molecule is Cc1cc(N)cc(S(=O)(=O)NCCC2=CCCCC2)c1C. The van der Waals surface area contributed by atoms with Crippen LogP contribution in [-0.4, -0.2) is 15.0 Å². The lowest BCUT2D eigenvalue weighted by Crippen LogP contribution is -2.26. The number of nitrogens with two attached hydrogens (primary N) is 1. The van der Waals surface area contributed by atoms with Crippen molar-refractivity contribution in [3.63, 3.8) is 0 Å². The number of aryl methyl sites for hydroxylation is 1. The molecule has 0 unspecified atom stereocenters. The van der Waals surface area contributed by atoms with E-state index in [1.165, 1.54) is 24.5 Å². The predicted molar refractivity (Wildman–Crippen MR) is 86.7 cm³/mol. The Bertz CT molecular complexity index is 648. The highest BCUT2D eigenvalue weighted by molar-refractivity contribution is 7.89. The zero-order chi connectivity index (χ0) is 15.5. The minimum atomic E-state index is -3.49. The molecule has 0 radical (unpaired) electrons. The first-order valence-electron chi connectivity index (χ1n) is 7.44. The van der Waals surface area contributed by atoms with Gasteiger partial charge in [-0.2, -0.15) is 0 Å². The molecule has 0 saturated heterocycles. The van der Waals surface area contributed by atoms with E-state index in [4.69, 9.17) is 5.73 Å². The number of anilines is 1. The number of nitrogens with one attached hydrogen (secondary N) is 1. The van der Waals surface area contributed by atoms with Gasteiger partial charge in [-0.05, 0) is 69.2 Å². The number of benzene rings is 1. The van der Waals surface area contributed by atoms with Gasteiger partial charge in [0.05, 0.1) is 4.90 Å². The lowest BCUT2D eigenvalue weighted by molar-refractivity contribution is 0.578. The molecule has 0 atom stereocenters. The normalized spacial score (nSPS) is 15.8. The summed E-state index contributed by atoms with van der Waals surface area (Å²) in [5, 5.41) is 0. The molecule has 21 heavy (non-hydrogen) atoms. The van der Waals surface area contributed by atoms with Gasteiger partial charge in [-0.15, -0.1) is 0 Å². The molecule has 1 aromatic rings. The van der Waals surface area contributed by atoms with Gasteiger partial charge in [0.25, 0.3) is 0 Å². The summed E-state index contributed by atoms with van der Waals surface area (Å²) in [5.74, 6) is 0. The molecular weight excluding hydrogens is 284 g/mol. The molecule has 0 saturated carbocycles. The number of sulfonamides is 1. The zero-order valence-electron chi connectivity index (χ0n) is 12.8. The van der Waals surface area contributed by atoms with Crippen LogP contribution in [-0.2, 0) is 10.0 Å². The summed E-state index contributed by atoms with van der Waals surface area (Å²) in [7, 11) is -3.49. The number of rotatable bonds is 5. The second-order valence-electron chi connectivity index (χ2n) is 5.72. The molecule has 116 valence electrons. The van der Waals surface area contributed by atoms with Gasteiger partial charge >= 0.3 is 0 Å². The second-order valence-corrected chi connectivity index (χ2v) is 7.45. The molecule has 0 heterocycles. The fourth-order valence-electron chi connectivity index (χ4n) is 2.69. The van der Waals surface area contributed by atoms with Gasteiger partial charge in [0.2, 0.25) is 10.0 Å². The van der Waals surface area contributed by atoms with Crippen molar-refractivity contribution in [2.75, 3.05) is 12.3 Å². The topological polar surface area (TPSA) is 72.2 Å². The van der Waals surface area contributed by atoms with Crippen LogP contribution in [0.4, 0.5) is 5.69 Å². The molecular formula is C16H24N2O2S. The molecule has 0 aliphatic heterocycles. The molecule has 0 bridgehead atoms. The maximum Gasteiger partial charge on any atom is 0.240 e. The smallest absolute Gasteiger partial charge is 0.240 e. The van der Waals surface area contributed by atoms with E-state index in [0.29, 0.717) is 12.2 Å². The first kappa shape index (κ1) is 16.0. The lowest BCUT2D eigenvalue weighted by Gasteiger charge is -2.15. The van der Waals surface area contributed by atoms with Crippen LogP contribution in [0.1, 0.15) is 43.2 Å². The quantitative estimate of drug-likeness (QED) is 0.648. The molecule has 0 aromatic heterocycles. The van der Waals surface area contributed by atoms with Crippen LogP contribution in [0.3, 0.4) is 0 Å². The van der Waals surface area contributed by atoms with Crippen LogP contribution in [0, 0.1) is 13.8 Å². The molecule has 1 aromatic carbocycles. The zero-order valence-corrected chi connectivity index (χ0v) is 13.6. The second kappa shape index (κ2) is 6.62. The van der Waals surface area contributed by atoms with E-state index in [1.54, 1.807) is 6.07 Å². The van der Waals surface area contributed by atoms with Crippen molar-refractivity contribution in [3.05, 3.63) is 34.9 Å². The van der Waals surface area contributed by atoms with Crippen molar-refractivity contribution in [2.24, 2.45) is 0 Å². The fraction of sp³-hybridized carbons (Fsp3) is 0.500. The average Bonchev–Trinajstić information content (AvgIpc) is 2.43. The third kappa shape index (κ3) is 4.08. The van der Waals surface area contributed by atoms with Gasteiger partial charge < -0.3 is 5.73 Å². The van der Waals surface area contributed by atoms with Crippen LogP contribution in [0.2, 0.25) is 0 Å². The summed E-state index contributed by atoms with van der Waals surface area (Å²) < 4.78 is 27.5. The van der Waals surface area contributed by atoms with Crippen LogP contribution in [0.5, 0.6) is 0 Å². The van der Waals surface area contributed by atoms with Crippen LogP contribution in [0.15, 0.2) is 28.7 Å². The van der Waals surface area contributed by atoms with Crippen molar-refractivity contribution in [1.82, 2.24) is 4.72 Å². The highest BCUT2D eigenvalue weighted by Crippen LogP contribution is 2.23. The van der Waals surface area contributed by atoms with E-state index in [9.17, 15) is 8.42 Å². The number of allylic oxidation sites excluding steroid dienone is 1. The molecule has 1 aliphatic rings. The number of nitrogen functional groups attached to an aromatic ring is 1. The van der Waals surface area contributed by atoms with Crippen LogP contribution < -0.4 is 10.5 Å². The van der Waals surface area contributed by atoms with Crippen LogP contribution >= 0.6 is 0 Å². The Morgan fingerprint density at radius 1 is 1.24 bits per heavy atom. The Morgan fingerprint density at radius 2 is 2.00 bits per heavy atom. The molecule has 1 aliphatic carbocycles. The van der Waals surface area contributed by atoms with Crippen molar-refractivity contribution in [3.8, 4) is 0 Å². The third-order valence-corrected chi connectivity index (χ3v) is 5.64. The van der Waals surface area contributed by atoms with Crippen molar-refractivity contribution in [1.29, 1.82) is 0 Å². The molecule has 4 nitrogen and oxygen atoms in total. The summed E-state index contributed by atoms with van der Waals surface area (Å²) in [6.45, 7) is 4.13. The minimum absolute atomic E-state index is 0.289. The van der Waals surface area contributed by atoms with Gasteiger partial charge in [0, 0.05) is 12.2 Å². The Morgan fingerprint density at radius 3 is 2.67 bits per heavy atom.